The van der Waals surface area contributed by atoms with Crippen LogP contribution in [0, 0.1) is 6.92 Å². The molecular weight excluding hydrogens is 763 g/mol. The van der Waals surface area contributed by atoms with Crippen molar-refractivity contribution in [2.45, 2.75) is 137 Å². The van der Waals surface area contributed by atoms with Gasteiger partial charge < -0.3 is 14.2 Å². The minimum atomic E-state index is -0.118. The van der Waals surface area contributed by atoms with Gasteiger partial charge in [0.25, 0.3) is 6.71 Å². The van der Waals surface area contributed by atoms with E-state index in [9.17, 15) is 0 Å². The lowest BCUT2D eigenvalue weighted by molar-refractivity contribution is 0.333. The van der Waals surface area contributed by atoms with Gasteiger partial charge in [-0.3, -0.25) is 0 Å². The van der Waals surface area contributed by atoms with E-state index in [4.69, 9.17) is 4.42 Å². The molecule has 3 heterocycles. The molecular formula is C59H65BN2O. The van der Waals surface area contributed by atoms with Crippen LogP contribution in [-0.4, -0.2) is 6.71 Å². The Labute approximate surface area is 377 Å². The van der Waals surface area contributed by atoms with Gasteiger partial charge >= 0.3 is 0 Å². The van der Waals surface area contributed by atoms with Crippen molar-refractivity contribution in [3.8, 4) is 11.1 Å². The fourth-order valence-electron chi connectivity index (χ4n) is 11.0. The van der Waals surface area contributed by atoms with E-state index in [0.29, 0.717) is 0 Å². The highest BCUT2D eigenvalue weighted by atomic mass is 16.3. The molecule has 6 aromatic carbocycles. The van der Waals surface area contributed by atoms with Crippen LogP contribution in [0.15, 0.2) is 120 Å². The standard InChI is InChI=1S/C59H65BN2O/c1-36-32-47-51-48(33-36)62(46-28-22-39(56(5,6)7)34-42(46)37-18-16-15-17-19-37)53-45(27-26-44-50(53)59(13,14)31-30-58(44,11)12)60(51)54-52(43-35-40(57(8,9)10)23-29-49(43)63-54)61(47)41-24-20-38(21-25-41)55(2,3)4/h15-29,32-35H,30-31H2,1-14H3. The van der Waals surface area contributed by atoms with Gasteiger partial charge in [-0.25, -0.2) is 0 Å². The summed E-state index contributed by atoms with van der Waals surface area (Å²) in [5.74, 6) is 0. The third-order valence-corrected chi connectivity index (χ3v) is 14.8. The Kier molecular flexibility index (Phi) is 9.07. The minimum absolute atomic E-state index is 0.0196. The van der Waals surface area contributed by atoms with Crippen LogP contribution in [0.25, 0.3) is 22.1 Å². The number of rotatable bonds is 3. The Morgan fingerprint density at radius 3 is 1.79 bits per heavy atom. The first kappa shape index (κ1) is 41.5. The summed E-state index contributed by atoms with van der Waals surface area (Å²) in [6, 6.07) is 44.5. The number of aryl methyl sites for hydroxylation is 1. The van der Waals surface area contributed by atoms with E-state index in [1.54, 1.807) is 0 Å². The lowest BCUT2D eigenvalue weighted by Crippen LogP contribution is -2.61. The van der Waals surface area contributed by atoms with Crippen molar-refractivity contribution in [2.75, 3.05) is 9.80 Å². The third kappa shape index (κ3) is 6.52. The molecule has 3 aliphatic rings. The van der Waals surface area contributed by atoms with Crippen LogP contribution in [-0.2, 0) is 27.1 Å². The molecule has 0 bridgehead atoms. The summed E-state index contributed by atoms with van der Waals surface area (Å²) in [6.45, 7) is 32.9. The van der Waals surface area contributed by atoms with E-state index in [1.807, 2.05) is 0 Å². The molecule has 0 amide bonds. The fraction of sp³-hybridized carbons (Fsp3) is 0.356. The van der Waals surface area contributed by atoms with E-state index in [1.165, 1.54) is 83.6 Å². The summed E-state index contributed by atoms with van der Waals surface area (Å²) in [5, 5.41) is 1.17. The summed E-state index contributed by atoms with van der Waals surface area (Å²) in [5.41, 5.74) is 22.4. The van der Waals surface area contributed by atoms with Crippen molar-refractivity contribution in [1.82, 2.24) is 0 Å². The molecule has 0 spiro atoms. The molecule has 7 aromatic rings. The van der Waals surface area contributed by atoms with E-state index >= 15 is 0 Å². The molecule has 0 saturated carbocycles. The third-order valence-electron chi connectivity index (χ3n) is 14.8. The van der Waals surface area contributed by atoms with Crippen LogP contribution in [0.2, 0.25) is 0 Å². The maximum atomic E-state index is 7.39. The number of benzene rings is 6. The lowest BCUT2D eigenvalue weighted by atomic mass is 9.35. The maximum absolute atomic E-state index is 7.39. The zero-order chi connectivity index (χ0) is 44.8. The van der Waals surface area contributed by atoms with Crippen molar-refractivity contribution in [3.63, 3.8) is 0 Å². The average Bonchev–Trinajstić information content (AvgIpc) is 3.60. The second kappa shape index (κ2) is 13.8. The van der Waals surface area contributed by atoms with Crippen molar-refractivity contribution in [3.05, 3.63) is 149 Å². The maximum Gasteiger partial charge on any atom is 0.297 e. The first-order valence-corrected chi connectivity index (χ1v) is 23.3. The molecule has 0 unspecified atom stereocenters. The number of fused-ring (bicyclic) bond motifs is 8. The highest BCUT2D eigenvalue weighted by Crippen LogP contribution is 2.55. The second-order valence-corrected chi connectivity index (χ2v) is 23.4. The van der Waals surface area contributed by atoms with Gasteiger partial charge in [-0.05, 0) is 145 Å². The topological polar surface area (TPSA) is 19.6 Å². The Morgan fingerprint density at radius 2 is 1.14 bits per heavy atom. The smallest absolute Gasteiger partial charge is 0.297 e. The van der Waals surface area contributed by atoms with Crippen LogP contribution < -0.4 is 26.4 Å². The Morgan fingerprint density at radius 1 is 0.556 bits per heavy atom. The SMILES string of the molecule is Cc1cc2c3c(c1)N(c1ccc(C(C)(C)C)cc1)c1c(oc4ccc(C(C)(C)C)cc14)B3c1ccc3c(c1N2c1ccc(C(C)(C)C)cc1-c1ccccc1)C(C)(C)CCC3(C)C. The highest BCUT2D eigenvalue weighted by molar-refractivity contribution is 7.00. The summed E-state index contributed by atoms with van der Waals surface area (Å²) in [4.78, 5) is 5.23. The zero-order valence-corrected chi connectivity index (χ0v) is 40.3. The quantitative estimate of drug-likeness (QED) is 0.165. The Balaban J connectivity index is 1.37. The molecule has 0 atom stereocenters. The molecule has 3 nitrogen and oxygen atoms in total. The van der Waals surface area contributed by atoms with Gasteiger partial charge in [-0.2, -0.15) is 0 Å². The summed E-state index contributed by atoms with van der Waals surface area (Å²) < 4.78 is 7.39. The lowest BCUT2D eigenvalue weighted by Gasteiger charge is -2.49. The number of anilines is 6. The normalized spacial score (nSPS) is 16.4. The molecule has 0 fully saturated rings. The molecule has 4 heteroatoms. The first-order valence-electron chi connectivity index (χ1n) is 23.3. The molecule has 63 heavy (non-hydrogen) atoms. The van der Waals surface area contributed by atoms with Crippen molar-refractivity contribution >= 4 is 68.4 Å². The van der Waals surface area contributed by atoms with Gasteiger partial charge in [0.05, 0.1) is 17.0 Å². The summed E-state index contributed by atoms with van der Waals surface area (Å²) in [6.07, 6.45) is 2.27. The number of furan rings is 1. The Bertz CT molecular complexity index is 2960. The largest absolute Gasteiger partial charge is 0.468 e. The van der Waals surface area contributed by atoms with Crippen molar-refractivity contribution in [1.29, 1.82) is 0 Å². The van der Waals surface area contributed by atoms with Gasteiger partial charge in [0.15, 0.2) is 0 Å². The molecule has 320 valence electrons. The number of hydrogen-bond acceptors (Lipinski definition) is 3. The number of nitrogens with zero attached hydrogens (tertiary/aromatic N) is 2. The van der Waals surface area contributed by atoms with Gasteiger partial charge in [0.1, 0.15) is 5.58 Å². The van der Waals surface area contributed by atoms with Gasteiger partial charge in [0, 0.05) is 33.7 Å². The molecule has 1 aromatic heterocycles. The summed E-state index contributed by atoms with van der Waals surface area (Å²) in [7, 11) is 0. The zero-order valence-electron chi connectivity index (χ0n) is 40.3. The number of hydrogen-bond donors (Lipinski definition) is 0. The van der Waals surface area contributed by atoms with Gasteiger partial charge in [0.2, 0.25) is 0 Å². The Hall–Kier alpha value is -5.48. The predicted octanol–water partition coefficient (Wildman–Crippen LogP) is 14.7. The van der Waals surface area contributed by atoms with Crippen LogP contribution in [0.4, 0.5) is 34.1 Å². The van der Waals surface area contributed by atoms with Crippen LogP contribution in [0.3, 0.4) is 0 Å². The van der Waals surface area contributed by atoms with Gasteiger partial charge in [-0.1, -0.05) is 157 Å². The second-order valence-electron chi connectivity index (χ2n) is 23.4. The van der Waals surface area contributed by atoms with E-state index < -0.39 is 0 Å². The van der Waals surface area contributed by atoms with Crippen LogP contribution in [0.1, 0.15) is 136 Å². The van der Waals surface area contributed by atoms with Crippen LogP contribution >= 0.6 is 0 Å². The first-order chi connectivity index (χ1) is 29.5. The van der Waals surface area contributed by atoms with Crippen LogP contribution in [0.5, 0.6) is 0 Å². The highest BCUT2D eigenvalue weighted by Gasteiger charge is 2.50. The summed E-state index contributed by atoms with van der Waals surface area (Å²) >= 11 is 0. The predicted molar refractivity (Wildman–Crippen MR) is 272 cm³/mol. The van der Waals surface area contributed by atoms with Gasteiger partial charge in [-0.15, -0.1) is 0 Å². The fourth-order valence-corrected chi connectivity index (χ4v) is 11.0. The molecule has 0 radical (unpaired) electrons. The van der Waals surface area contributed by atoms with Crippen molar-refractivity contribution < 1.29 is 4.42 Å². The van der Waals surface area contributed by atoms with E-state index in [0.717, 1.165) is 35.5 Å². The molecule has 0 saturated heterocycles. The molecule has 1 aliphatic carbocycles. The van der Waals surface area contributed by atoms with E-state index in [-0.39, 0.29) is 33.8 Å². The minimum Gasteiger partial charge on any atom is -0.468 e. The average molecular weight is 829 g/mol. The molecule has 10 rings (SSSR count). The molecule has 2 aliphatic heterocycles. The monoisotopic (exact) mass is 829 g/mol. The van der Waals surface area contributed by atoms with Crippen molar-refractivity contribution in [2.24, 2.45) is 0 Å². The van der Waals surface area contributed by atoms with E-state index in [2.05, 4.69) is 222 Å². The molecule has 0 N–H and O–H groups in total.